The minimum Gasteiger partial charge on any atom is -0.490 e. The molecule has 4 heteroatoms. The molecule has 0 radical (unpaired) electrons. The van der Waals surface area contributed by atoms with Gasteiger partial charge in [0.25, 0.3) is 0 Å². The largest absolute Gasteiger partial charge is 0.490 e. The lowest BCUT2D eigenvalue weighted by molar-refractivity contribution is -0.123. The normalized spacial score (nSPS) is 26.1. The molecule has 1 N–H and O–H groups in total. The number of hydrogen-bond donors (Lipinski definition) is 1. The van der Waals surface area contributed by atoms with Crippen molar-refractivity contribution in [2.45, 2.75) is 52.0 Å². The van der Waals surface area contributed by atoms with Gasteiger partial charge in [0.15, 0.2) is 11.3 Å². The van der Waals surface area contributed by atoms with Crippen LogP contribution in [0.2, 0.25) is 0 Å². The number of furan rings is 1. The zero-order chi connectivity index (χ0) is 17.4. The van der Waals surface area contributed by atoms with Crippen LogP contribution in [0.3, 0.4) is 0 Å². The molecule has 2 bridgehead atoms. The predicted octanol–water partition coefficient (Wildman–Crippen LogP) is 4.84. The highest BCUT2D eigenvalue weighted by Crippen LogP contribution is 2.49. The molecule has 4 nitrogen and oxygen atoms in total. The van der Waals surface area contributed by atoms with Gasteiger partial charge in [0.05, 0.1) is 12.6 Å². The van der Waals surface area contributed by atoms with Crippen molar-refractivity contribution in [3.63, 3.8) is 0 Å². The number of benzene rings is 1. The fraction of sp³-hybridized carbons (Fsp3) is 0.571. The lowest BCUT2D eigenvalue weighted by atomic mass is 9.86. The second-order valence-corrected chi connectivity index (χ2v) is 7.68. The van der Waals surface area contributed by atoms with E-state index >= 15 is 0 Å². The summed E-state index contributed by atoms with van der Waals surface area (Å²) in [6.07, 6.45) is 5.95. The summed E-state index contributed by atoms with van der Waals surface area (Å²) in [6, 6.07) is 7.75. The van der Waals surface area contributed by atoms with Gasteiger partial charge < -0.3 is 14.5 Å². The number of ether oxygens (including phenoxy) is 1. The Morgan fingerprint density at radius 2 is 2.24 bits per heavy atom. The van der Waals surface area contributed by atoms with E-state index in [-0.39, 0.29) is 11.9 Å². The van der Waals surface area contributed by atoms with Gasteiger partial charge in [-0.2, -0.15) is 0 Å². The Balaban J connectivity index is 1.42. The van der Waals surface area contributed by atoms with E-state index in [0.29, 0.717) is 18.9 Å². The van der Waals surface area contributed by atoms with Crippen LogP contribution in [-0.4, -0.2) is 12.5 Å². The number of fused-ring (bicyclic) bond motifs is 3. The topological polar surface area (TPSA) is 51.5 Å². The van der Waals surface area contributed by atoms with E-state index in [4.69, 9.17) is 9.15 Å². The van der Waals surface area contributed by atoms with Crippen molar-refractivity contribution in [3.05, 3.63) is 30.0 Å². The molecular formula is C21H27NO3. The maximum absolute atomic E-state index is 12.5. The molecule has 25 heavy (non-hydrogen) atoms. The summed E-state index contributed by atoms with van der Waals surface area (Å²) in [7, 11) is 0. The summed E-state index contributed by atoms with van der Waals surface area (Å²) in [5, 5.41) is 4.13. The second kappa shape index (κ2) is 6.74. The van der Waals surface area contributed by atoms with Crippen LogP contribution in [0.15, 0.2) is 28.7 Å². The Hall–Kier alpha value is -1.97. The van der Waals surface area contributed by atoms with Gasteiger partial charge in [-0.3, -0.25) is 4.79 Å². The smallest absolute Gasteiger partial charge is 0.220 e. The number of rotatable bonds is 6. The van der Waals surface area contributed by atoms with Gasteiger partial charge in [0.2, 0.25) is 5.91 Å². The maximum Gasteiger partial charge on any atom is 0.220 e. The molecule has 0 aliphatic heterocycles. The zero-order valence-corrected chi connectivity index (χ0v) is 15.1. The molecule has 1 heterocycles. The van der Waals surface area contributed by atoms with Gasteiger partial charge in [-0.15, -0.1) is 0 Å². The van der Waals surface area contributed by atoms with E-state index < -0.39 is 0 Å². The Morgan fingerprint density at radius 1 is 1.36 bits per heavy atom. The molecule has 4 atom stereocenters. The molecule has 2 aliphatic carbocycles. The maximum atomic E-state index is 12.5. The lowest BCUT2D eigenvalue weighted by Gasteiger charge is -2.21. The number of nitrogens with one attached hydrogen (secondary N) is 1. The quantitative estimate of drug-likeness (QED) is 0.818. The highest BCUT2D eigenvalue weighted by atomic mass is 16.5. The van der Waals surface area contributed by atoms with E-state index in [1.54, 1.807) is 0 Å². The molecule has 1 amide bonds. The highest BCUT2D eigenvalue weighted by Gasteiger charge is 2.40. The van der Waals surface area contributed by atoms with Gasteiger partial charge in [0.1, 0.15) is 5.76 Å². The van der Waals surface area contributed by atoms with Crippen LogP contribution in [0, 0.1) is 17.8 Å². The van der Waals surface area contributed by atoms with Gasteiger partial charge in [-0.1, -0.05) is 18.6 Å². The Bertz CT molecular complexity index is 766. The Kier molecular flexibility index (Phi) is 4.45. The first-order valence-corrected chi connectivity index (χ1v) is 9.58. The van der Waals surface area contributed by atoms with Crippen molar-refractivity contribution in [1.82, 2.24) is 5.32 Å². The van der Waals surface area contributed by atoms with Crippen LogP contribution < -0.4 is 10.1 Å². The Morgan fingerprint density at radius 3 is 2.96 bits per heavy atom. The van der Waals surface area contributed by atoms with Crippen LogP contribution in [0.4, 0.5) is 0 Å². The lowest BCUT2D eigenvalue weighted by Crippen LogP contribution is -2.29. The number of amides is 1. The summed E-state index contributed by atoms with van der Waals surface area (Å²) >= 11 is 0. The fourth-order valence-corrected chi connectivity index (χ4v) is 4.77. The van der Waals surface area contributed by atoms with E-state index in [0.717, 1.165) is 34.3 Å². The van der Waals surface area contributed by atoms with Crippen LogP contribution >= 0.6 is 0 Å². The van der Waals surface area contributed by atoms with Crippen molar-refractivity contribution in [2.75, 3.05) is 6.61 Å². The summed E-state index contributed by atoms with van der Waals surface area (Å²) < 4.78 is 11.6. The first-order valence-electron chi connectivity index (χ1n) is 9.58. The third kappa shape index (κ3) is 3.26. The number of hydrogen-bond acceptors (Lipinski definition) is 3. The van der Waals surface area contributed by atoms with Crippen LogP contribution in [0.1, 0.15) is 57.8 Å². The van der Waals surface area contributed by atoms with E-state index in [2.05, 4.69) is 5.32 Å². The first kappa shape index (κ1) is 16.5. The van der Waals surface area contributed by atoms with Crippen molar-refractivity contribution in [2.24, 2.45) is 17.8 Å². The summed E-state index contributed by atoms with van der Waals surface area (Å²) in [4.78, 5) is 12.5. The number of carbonyl (C=O) groups is 1. The van der Waals surface area contributed by atoms with Crippen molar-refractivity contribution >= 4 is 16.9 Å². The average Bonchev–Trinajstić information content (AvgIpc) is 3.30. The predicted molar refractivity (Wildman–Crippen MR) is 97.5 cm³/mol. The molecule has 2 fully saturated rings. The molecule has 0 spiro atoms. The summed E-state index contributed by atoms with van der Waals surface area (Å²) in [5.41, 5.74) is 0.758. The second-order valence-electron chi connectivity index (χ2n) is 7.68. The molecule has 0 saturated heterocycles. The molecule has 4 rings (SSSR count). The third-order valence-electron chi connectivity index (χ3n) is 5.96. The minimum absolute atomic E-state index is 0.132. The molecule has 4 unspecified atom stereocenters. The van der Waals surface area contributed by atoms with E-state index in [1.165, 1.54) is 25.7 Å². The van der Waals surface area contributed by atoms with Crippen LogP contribution in [-0.2, 0) is 4.79 Å². The third-order valence-corrected chi connectivity index (χ3v) is 5.96. The zero-order valence-electron chi connectivity index (χ0n) is 15.1. The summed E-state index contributed by atoms with van der Waals surface area (Å²) in [5.74, 6) is 3.94. The van der Waals surface area contributed by atoms with Gasteiger partial charge in [-0.05, 0) is 63.0 Å². The van der Waals surface area contributed by atoms with Gasteiger partial charge in [-0.25, -0.2) is 0 Å². The molecule has 2 aliphatic rings. The molecule has 2 aromatic rings. The van der Waals surface area contributed by atoms with Gasteiger partial charge in [0, 0.05) is 11.8 Å². The van der Waals surface area contributed by atoms with Gasteiger partial charge >= 0.3 is 0 Å². The first-order chi connectivity index (χ1) is 12.1. The molecular weight excluding hydrogens is 314 g/mol. The van der Waals surface area contributed by atoms with Crippen molar-refractivity contribution < 1.29 is 13.9 Å². The monoisotopic (exact) mass is 341 g/mol. The molecule has 2 saturated carbocycles. The van der Waals surface area contributed by atoms with Crippen LogP contribution in [0.5, 0.6) is 5.75 Å². The van der Waals surface area contributed by atoms with Crippen molar-refractivity contribution in [3.8, 4) is 5.75 Å². The SMILES string of the molecule is CCOc1cccc2cc(C(C)NC(=O)CC3CC4CCC3C4)oc12. The number of carbonyl (C=O) groups excluding carboxylic acids is 1. The molecule has 134 valence electrons. The number of para-hydroxylation sites is 1. The average molecular weight is 341 g/mol. The Labute approximate surface area is 148 Å². The minimum atomic E-state index is -0.132. The van der Waals surface area contributed by atoms with Crippen LogP contribution in [0.25, 0.3) is 11.0 Å². The highest BCUT2D eigenvalue weighted by molar-refractivity contribution is 5.84. The molecule has 1 aromatic carbocycles. The molecule has 1 aromatic heterocycles. The van der Waals surface area contributed by atoms with Crippen molar-refractivity contribution in [1.29, 1.82) is 0 Å². The van der Waals surface area contributed by atoms with E-state index in [1.807, 2.05) is 38.1 Å². The fourth-order valence-electron chi connectivity index (χ4n) is 4.77. The van der Waals surface area contributed by atoms with E-state index in [9.17, 15) is 4.79 Å². The standard InChI is InChI=1S/C21H27NO3/c1-3-24-18-6-4-5-16-11-19(25-21(16)18)13(2)22-20(23)12-17-10-14-7-8-15(17)9-14/h4-6,11,13-15,17H,3,7-10,12H2,1-2H3,(H,22,23). The summed E-state index contributed by atoms with van der Waals surface area (Å²) in [6.45, 7) is 4.54.